The molecule has 0 bridgehead atoms. The van der Waals surface area contributed by atoms with Crippen LogP contribution in [0.4, 0.5) is 0 Å². The lowest BCUT2D eigenvalue weighted by Gasteiger charge is -2.18. The fourth-order valence-corrected chi connectivity index (χ4v) is 4.21. The van der Waals surface area contributed by atoms with Crippen molar-refractivity contribution in [2.75, 3.05) is 13.7 Å². The van der Waals surface area contributed by atoms with Gasteiger partial charge in [0.15, 0.2) is 0 Å². The first-order chi connectivity index (χ1) is 16.7. The van der Waals surface area contributed by atoms with Crippen LogP contribution in [0.3, 0.4) is 0 Å². The van der Waals surface area contributed by atoms with Crippen molar-refractivity contribution >= 4 is 5.97 Å². The molecule has 4 aromatic rings. The summed E-state index contributed by atoms with van der Waals surface area (Å²) in [4.78, 5) is 12.6. The van der Waals surface area contributed by atoms with Gasteiger partial charge in [0, 0.05) is 0 Å². The van der Waals surface area contributed by atoms with Gasteiger partial charge in [0.25, 0.3) is 0 Å². The van der Waals surface area contributed by atoms with Crippen molar-refractivity contribution in [2.45, 2.75) is 26.2 Å². The standard InChI is InChI=1S/C31H30O3/c1-3-4-12-21-34-24-19-20-28(26-16-9-8-15-25(26)23-13-6-5-7-14-23)30(22-24)27-17-10-11-18-29(27)31(32)33-2/h5-11,13-20,22H,3-4,12,21H2,1-2H3. The molecule has 0 aliphatic rings. The summed E-state index contributed by atoms with van der Waals surface area (Å²) in [5.41, 5.74) is 6.72. The maximum atomic E-state index is 12.6. The van der Waals surface area contributed by atoms with E-state index in [4.69, 9.17) is 9.47 Å². The van der Waals surface area contributed by atoms with E-state index in [1.165, 1.54) is 7.11 Å². The van der Waals surface area contributed by atoms with Gasteiger partial charge in [0.05, 0.1) is 19.3 Å². The number of carbonyl (C=O) groups excluding carboxylic acids is 1. The SMILES string of the molecule is CCCCCOc1ccc(-c2ccccc2-c2ccccc2)c(-c2ccccc2C(=O)OC)c1. The average Bonchev–Trinajstić information content (AvgIpc) is 2.91. The summed E-state index contributed by atoms with van der Waals surface area (Å²) in [5, 5.41) is 0. The van der Waals surface area contributed by atoms with E-state index >= 15 is 0 Å². The van der Waals surface area contributed by atoms with Gasteiger partial charge < -0.3 is 9.47 Å². The van der Waals surface area contributed by atoms with Gasteiger partial charge in [-0.3, -0.25) is 0 Å². The predicted octanol–water partition coefficient (Wildman–Crippen LogP) is 8.04. The van der Waals surface area contributed by atoms with Crippen molar-refractivity contribution in [3.05, 3.63) is 103 Å². The quantitative estimate of drug-likeness (QED) is 0.191. The van der Waals surface area contributed by atoms with Crippen molar-refractivity contribution in [2.24, 2.45) is 0 Å². The van der Waals surface area contributed by atoms with Gasteiger partial charge in [-0.2, -0.15) is 0 Å². The molecule has 0 aromatic heterocycles. The van der Waals surface area contributed by atoms with Gasteiger partial charge in [-0.15, -0.1) is 0 Å². The van der Waals surface area contributed by atoms with Crippen LogP contribution in [-0.4, -0.2) is 19.7 Å². The molecule has 0 saturated heterocycles. The average molecular weight is 451 g/mol. The molecule has 0 aliphatic carbocycles. The van der Waals surface area contributed by atoms with Gasteiger partial charge in [0.1, 0.15) is 5.75 Å². The number of benzene rings is 4. The highest BCUT2D eigenvalue weighted by molar-refractivity contribution is 6.01. The van der Waals surface area contributed by atoms with E-state index in [1.54, 1.807) is 0 Å². The van der Waals surface area contributed by atoms with E-state index in [2.05, 4.69) is 43.3 Å². The minimum absolute atomic E-state index is 0.354. The number of esters is 1. The van der Waals surface area contributed by atoms with Crippen LogP contribution >= 0.6 is 0 Å². The number of methoxy groups -OCH3 is 1. The highest BCUT2D eigenvalue weighted by Crippen LogP contribution is 2.41. The van der Waals surface area contributed by atoms with Gasteiger partial charge in [-0.25, -0.2) is 4.79 Å². The summed E-state index contributed by atoms with van der Waals surface area (Å²) in [6.07, 6.45) is 3.31. The van der Waals surface area contributed by atoms with Crippen LogP contribution in [0.15, 0.2) is 97.1 Å². The van der Waals surface area contributed by atoms with Gasteiger partial charge in [-0.05, 0) is 58.0 Å². The molecular weight excluding hydrogens is 420 g/mol. The van der Waals surface area contributed by atoms with Crippen molar-refractivity contribution in [3.63, 3.8) is 0 Å². The van der Waals surface area contributed by atoms with Crippen LogP contribution < -0.4 is 4.74 Å². The second-order valence-electron chi connectivity index (χ2n) is 8.21. The van der Waals surface area contributed by atoms with E-state index in [9.17, 15) is 4.79 Å². The Kier molecular flexibility index (Phi) is 7.77. The van der Waals surface area contributed by atoms with E-state index < -0.39 is 0 Å². The summed E-state index contributed by atoms with van der Waals surface area (Å²) >= 11 is 0. The first-order valence-corrected chi connectivity index (χ1v) is 11.8. The van der Waals surface area contributed by atoms with E-state index in [-0.39, 0.29) is 5.97 Å². The smallest absolute Gasteiger partial charge is 0.338 e. The van der Waals surface area contributed by atoms with Crippen molar-refractivity contribution in [3.8, 4) is 39.1 Å². The highest BCUT2D eigenvalue weighted by Gasteiger charge is 2.18. The molecule has 0 atom stereocenters. The van der Waals surface area contributed by atoms with Gasteiger partial charge in [-0.1, -0.05) is 98.6 Å². The maximum absolute atomic E-state index is 12.6. The maximum Gasteiger partial charge on any atom is 0.338 e. The molecule has 0 unspecified atom stereocenters. The third-order valence-electron chi connectivity index (χ3n) is 5.93. The molecule has 0 aliphatic heterocycles. The first kappa shape index (κ1) is 23.3. The van der Waals surface area contributed by atoms with Crippen molar-refractivity contribution < 1.29 is 14.3 Å². The second kappa shape index (κ2) is 11.3. The summed E-state index contributed by atoms with van der Waals surface area (Å²) in [6.45, 7) is 2.85. The highest BCUT2D eigenvalue weighted by atomic mass is 16.5. The Labute approximate surface area is 202 Å². The van der Waals surface area contributed by atoms with E-state index in [0.29, 0.717) is 12.2 Å². The van der Waals surface area contributed by atoms with E-state index in [0.717, 1.165) is 58.4 Å². The molecule has 3 nitrogen and oxygen atoms in total. The van der Waals surface area contributed by atoms with Crippen LogP contribution in [0.5, 0.6) is 5.75 Å². The Morgan fingerprint density at radius 3 is 2.06 bits per heavy atom. The Morgan fingerprint density at radius 2 is 1.32 bits per heavy atom. The van der Waals surface area contributed by atoms with Gasteiger partial charge >= 0.3 is 5.97 Å². The molecule has 0 saturated carbocycles. The molecule has 3 heteroatoms. The zero-order valence-electron chi connectivity index (χ0n) is 19.8. The minimum atomic E-state index is -0.354. The monoisotopic (exact) mass is 450 g/mol. The molecule has 0 heterocycles. The van der Waals surface area contributed by atoms with Crippen LogP contribution in [0, 0.1) is 0 Å². The fourth-order valence-electron chi connectivity index (χ4n) is 4.21. The topological polar surface area (TPSA) is 35.5 Å². The summed E-state index contributed by atoms with van der Waals surface area (Å²) in [5.74, 6) is 0.443. The number of hydrogen-bond acceptors (Lipinski definition) is 3. The largest absolute Gasteiger partial charge is 0.494 e. The van der Waals surface area contributed by atoms with Crippen molar-refractivity contribution in [1.82, 2.24) is 0 Å². The number of hydrogen-bond donors (Lipinski definition) is 0. The normalized spacial score (nSPS) is 10.6. The number of unbranched alkanes of at least 4 members (excludes halogenated alkanes) is 2. The Hall–Kier alpha value is -3.85. The Balaban J connectivity index is 1.88. The molecule has 172 valence electrons. The summed E-state index contributed by atoms with van der Waals surface area (Å²) in [7, 11) is 1.41. The summed E-state index contributed by atoms with van der Waals surface area (Å²) in [6, 6.07) is 32.5. The summed E-state index contributed by atoms with van der Waals surface area (Å²) < 4.78 is 11.2. The molecular formula is C31H30O3. The zero-order valence-corrected chi connectivity index (χ0v) is 19.8. The third kappa shape index (κ3) is 5.20. The minimum Gasteiger partial charge on any atom is -0.494 e. The van der Waals surface area contributed by atoms with Crippen LogP contribution in [-0.2, 0) is 4.74 Å². The molecule has 4 aromatic carbocycles. The van der Waals surface area contributed by atoms with Gasteiger partial charge in [0.2, 0.25) is 0 Å². The number of carbonyl (C=O) groups is 1. The lowest BCUT2D eigenvalue weighted by Crippen LogP contribution is -2.04. The van der Waals surface area contributed by atoms with Crippen LogP contribution in [0.2, 0.25) is 0 Å². The lowest BCUT2D eigenvalue weighted by molar-refractivity contribution is 0.0601. The molecule has 0 N–H and O–H groups in total. The second-order valence-corrected chi connectivity index (χ2v) is 8.21. The van der Waals surface area contributed by atoms with E-state index in [1.807, 2.05) is 60.7 Å². The molecule has 0 spiro atoms. The first-order valence-electron chi connectivity index (χ1n) is 11.8. The molecule has 0 amide bonds. The van der Waals surface area contributed by atoms with Crippen LogP contribution in [0.1, 0.15) is 36.5 Å². The molecule has 0 radical (unpaired) electrons. The lowest BCUT2D eigenvalue weighted by atomic mass is 9.88. The molecule has 34 heavy (non-hydrogen) atoms. The number of rotatable bonds is 9. The predicted molar refractivity (Wildman–Crippen MR) is 139 cm³/mol. The number of ether oxygens (including phenoxy) is 2. The van der Waals surface area contributed by atoms with Crippen molar-refractivity contribution in [1.29, 1.82) is 0 Å². The Morgan fingerprint density at radius 1 is 0.676 bits per heavy atom. The van der Waals surface area contributed by atoms with Crippen LogP contribution in [0.25, 0.3) is 33.4 Å². The fraction of sp³-hybridized carbons (Fsp3) is 0.194. The molecule has 4 rings (SSSR count). The third-order valence-corrected chi connectivity index (χ3v) is 5.93. The molecule has 0 fully saturated rings. The zero-order chi connectivity index (χ0) is 23.8. The Bertz CT molecular complexity index is 1240.